The summed E-state index contributed by atoms with van der Waals surface area (Å²) >= 11 is 0. The summed E-state index contributed by atoms with van der Waals surface area (Å²) in [5, 5.41) is 8.77. The fraction of sp³-hybridized carbons (Fsp3) is 0.118. The minimum atomic E-state index is 0.590. The van der Waals surface area contributed by atoms with E-state index in [1.165, 1.54) is 0 Å². The van der Waals surface area contributed by atoms with Crippen molar-refractivity contribution in [1.82, 2.24) is 0 Å². The zero-order chi connectivity index (χ0) is 13.5. The molecule has 0 bridgehead atoms. The second-order valence-electron chi connectivity index (χ2n) is 4.09. The molecule has 2 nitrogen and oxygen atoms in total. The van der Waals surface area contributed by atoms with Crippen LogP contribution in [0.5, 0.6) is 5.75 Å². The van der Waals surface area contributed by atoms with Crippen molar-refractivity contribution in [2.24, 2.45) is 0 Å². The lowest BCUT2D eigenvalue weighted by Crippen LogP contribution is -1.92. The van der Waals surface area contributed by atoms with Crippen molar-refractivity contribution in [3.63, 3.8) is 0 Å². The highest BCUT2D eigenvalue weighted by Crippen LogP contribution is 2.22. The number of rotatable bonds is 4. The van der Waals surface area contributed by atoms with E-state index in [4.69, 9.17) is 10.00 Å². The fourth-order valence-electron chi connectivity index (χ4n) is 1.72. The number of nitrogens with zero attached hydrogens (tertiary/aromatic N) is 1. The number of hydrogen-bond acceptors (Lipinski definition) is 2. The Balaban J connectivity index is 2.11. The normalized spacial score (nSPS) is 10.3. The molecule has 0 N–H and O–H groups in total. The van der Waals surface area contributed by atoms with Gasteiger partial charge in [0.15, 0.2) is 0 Å². The van der Waals surface area contributed by atoms with Gasteiger partial charge in [0, 0.05) is 0 Å². The summed E-state index contributed by atoms with van der Waals surface area (Å²) in [6, 6.07) is 17.6. The average molecular weight is 249 g/mol. The van der Waals surface area contributed by atoms with Gasteiger partial charge in [-0.25, -0.2) is 0 Å². The van der Waals surface area contributed by atoms with Gasteiger partial charge in [0.05, 0.1) is 11.6 Å². The third kappa shape index (κ3) is 3.46. The van der Waals surface area contributed by atoms with Gasteiger partial charge in [0.1, 0.15) is 12.4 Å². The molecule has 0 aliphatic heterocycles. The first kappa shape index (κ1) is 12.9. The molecule has 0 spiro atoms. The first-order valence-corrected chi connectivity index (χ1v) is 6.18. The van der Waals surface area contributed by atoms with Crippen LogP contribution in [0.15, 0.2) is 60.7 Å². The lowest BCUT2D eigenvalue weighted by molar-refractivity contribution is 0.363. The van der Waals surface area contributed by atoms with Crippen molar-refractivity contribution >= 4 is 0 Å². The fourth-order valence-corrected chi connectivity index (χ4v) is 1.72. The minimum Gasteiger partial charge on any atom is -0.490 e. The van der Waals surface area contributed by atoms with Crippen LogP contribution < -0.4 is 4.74 Å². The summed E-state index contributed by atoms with van der Waals surface area (Å²) < 4.78 is 5.54. The van der Waals surface area contributed by atoms with E-state index in [0.29, 0.717) is 12.2 Å². The van der Waals surface area contributed by atoms with E-state index >= 15 is 0 Å². The number of benzene rings is 2. The average Bonchev–Trinajstić information content (AvgIpc) is 2.48. The molecule has 0 fully saturated rings. The van der Waals surface area contributed by atoms with Gasteiger partial charge in [-0.15, -0.1) is 0 Å². The molecule has 2 aromatic rings. The van der Waals surface area contributed by atoms with E-state index in [9.17, 15) is 0 Å². The number of nitriles is 1. The summed E-state index contributed by atoms with van der Waals surface area (Å²) in [4.78, 5) is 0. The van der Waals surface area contributed by atoms with E-state index in [0.717, 1.165) is 16.9 Å². The van der Waals surface area contributed by atoms with E-state index in [1.54, 1.807) is 0 Å². The van der Waals surface area contributed by atoms with E-state index < -0.39 is 0 Å². The molecule has 0 radical (unpaired) electrons. The van der Waals surface area contributed by atoms with Gasteiger partial charge in [-0.2, -0.15) is 5.26 Å². The summed E-state index contributed by atoms with van der Waals surface area (Å²) in [7, 11) is 0. The molecule has 2 rings (SSSR count). The number of allylic oxidation sites excluding steroid dienone is 1. The molecule has 0 amide bonds. The van der Waals surface area contributed by atoms with Gasteiger partial charge in [0.2, 0.25) is 0 Å². The zero-order valence-electron chi connectivity index (χ0n) is 10.8. The van der Waals surface area contributed by atoms with Crippen LogP contribution in [0, 0.1) is 11.3 Å². The summed E-state index contributed by atoms with van der Waals surface area (Å²) in [6.07, 6.45) is 3.93. The summed E-state index contributed by atoms with van der Waals surface area (Å²) in [5.41, 5.74) is 2.89. The first-order valence-electron chi connectivity index (χ1n) is 6.18. The Morgan fingerprint density at radius 1 is 1.00 bits per heavy atom. The highest BCUT2D eigenvalue weighted by Gasteiger charge is 1.99. The Hall–Kier alpha value is -2.53. The summed E-state index contributed by atoms with van der Waals surface area (Å²) in [6.45, 7) is 2.56. The maximum Gasteiger partial charge on any atom is 0.119 e. The van der Waals surface area contributed by atoms with Crippen molar-refractivity contribution in [3.05, 3.63) is 66.2 Å². The molecular formula is C17H15NO. The minimum absolute atomic E-state index is 0.590. The number of ether oxygens (including phenoxy) is 1. The molecule has 0 aliphatic rings. The maximum atomic E-state index is 8.77. The van der Waals surface area contributed by atoms with Crippen molar-refractivity contribution < 1.29 is 4.74 Å². The zero-order valence-corrected chi connectivity index (χ0v) is 10.8. The van der Waals surface area contributed by atoms with Crippen molar-refractivity contribution in [3.8, 4) is 22.9 Å². The van der Waals surface area contributed by atoms with Crippen molar-refractivity contribution in [2.45, 2.75) is 6.92 Å². The molecule has 0 unspecified atom stereocenters. The Kier molecular flexibility index (Phi) is 4.36. The lowest BCUT2D eigenvalue weighted by atomic mass is 10.0. The van der Waals surface area contributed by atoms with Crippen LogP contribution in [0.1, 0.15) is 12.5 Å². The molecule has 2 aromatic carbocycles. The number of hydrogen-bond donors (Lipinski definition) is 0. The van der Waals surface area contributed by atoms with Crippen molar-refractivity contribution in [2.75, 3.05) is 6.61 Å². The van der Waals surface area contributed by atoms with Crippen LogP contribution in [-0.4, -0.2) is 6.61 Å². The quantitative estimate of drug-likeness (QED) is 0.761. The maximum absolute atomic E-state index is 8.77. The summed E-state index contributed by atoms with van der Waals surface area (Å²) in [5.74, 6) is 0.857. The smallest absolute Gasteiger partial charge is 0.119 e. The molecule has 0 saturated heterocycles. The van der Waals surface area contributed by atoms with Crippen LogP contribution in [0.25, 0.3) is 11.1 Å². The van der Waals surface area contributed by atoms with E-state index in [2.05, 4.69) is 6.07 Å². The molecule has 2 heteroatoms. The molecule has 94 valence electrons. The van der Waals surface area contributed by atoms with Gasteiger partial charge < -0.3 is 4.74 Å². The Bertz CT molecular complexity index is 589. The first-order chi connectivity index (χ1) is 9.33. The van der Waals surface area contributed by atoms with Crippen LogP contribution >= 0.6 is 0 Å². The second kappa shape index (κ2) is 6.42. The van der Waals surface area contributed by atoms with Gasteiger partial charge in [-0.05, 0) is 42.3 Å². The SMILES string of the molecule is C/C=C/COc1ccc(-c2ccc(C#N)cc2)cc1. The monoisotopic (exact) mass is 249 g/mol. The van der Waals surface area contributed by atoms with Gasteiger partial charge in [-0.1, -0.05) is 36.4 Å². The van der Waals surface area contributed by atoms with E-state index in [-0.39, 0.29) is 0 Å². The van der Waals surface area contributed by atoms with Crippen LogP contribution in [-0.2, 0) is 0 Å². The van der Waals surface area contributed by atoms with Crippen LogP contribution in [0.3, 0.4) is 0 Å². The molecule has 0 saturated carbocycles. The van der Waals surface area contributed by atoms with Crippen LogP contribution in [0.4, 0.5) is 0 Å². The standard InChI is InChI=1S/C17H15NO/c1-2-3-12-19-17-10-8-16(9-11-17)15-6-4-14(13-18)5-7-15/h2-11H,12H2,1H3/b3-2+. The molecule has 0 heterocycles. The largest absolute Gasteiger partial charge is 0.490 e. The van der Waals surface area contributed by atoms with E-state index in [1.807, 2.05) is 67.6 Å². The second-order valence-corrected chi connectivity index (χ2v) is 4.09. The molecule has 0 aromatic heterocycles. The van der Waals surface area contributed by atoms with Gasteiger partial charge in [0.25, 0.3) is 0 Å². The van der Waals surface area contributed by atoms with Gasteiger partial charge >= 0.3 is 0 Å². The van der Waals surface area contributed by atoms with Gasteiger partial charge in [-0.3, -0.25) is 0 Å². The van der Waals surface area contributed by atoms with Crippen molar-refractivity contribution in [1.29, 1.82) is 5.26 Å². The Morgan fingerprint density at radius 3 is 2.11 bits per heavy atom. The third-order valence-corrected chi connectivity index (χ3v) is 2.78. The predicted molar refractivity (Wildman–Crippen MR) is 76.9 cm³/mol. The third-order valence-electron chi connectivity index (χ3n) is 2.78. The molecule has 0 atom stereocenters. The molecular weight excluding hydrogens is 234 g/mol. The molecule has 19 heavy (non-hydrogen) atoms. The lowest BCUT2D eigenvalue weighted by Gasteiger charge is -2.05. The molecule has 0 aliphatic carbocycles. The highest BCUT2D eigenvalue weighted by molar-refractivity contribution is 5.64. The Morgan fingerprint density at radius 2 is 1.58 bits per heavy atom. The topological polar surface area (TPSA) is 33.0 Å². The Labute approximate surface area is 113 Å². The van der Waals surface area contributed by atoms with Crippen LogP contribution in [0.2, 0.25) is 0 Å². The highest BCUT2D eigenvalue weighted by atomic mass is 16.5. The predicted octanol–water partition coefficient (Wildman–Crippen LogP) is 4.18.